The average Bonchev–Trinajstić information content (AvgIpc) is 2.94. The van der Waals surface area contributed by atoms with E-state index < -0.39 is 11.6 Å². The van der Waals surface area contributed by atoms with Crippen LogP contribution in [0.3, 0.4) is 0 Å². The number of fused-ring (bicyclic) bond motifs is 3. The number of hydrogen-bond acceptors (Lipinski definition) is 2. The molecule has 0 spiro atoms. The van der Waals surface area contributed by atoms with Crippen LogP contribution in [0.15, 0.2) is 42.5 Å². The lowest BCUT2D eigenvalue weighted by Gasteiger charge is -2.38. The summed E-state index contributed by atoms with van der Waals surface area (Å²) in [4.78, 5) is 28.8. The molecule has 5 heteroatoms. The Morgan fingerprint density at radius 2 is 1.80 bits per heavy atom. The largest absolute Gasteiger partial charge is 0.349 e. The van der Waals surface area contributed by atoms with E-state index in [1.807, 2.05) is 84.1 Å². The van der Waals surface area contributed by atoms with Gasteiger partial charge in [-0.2, -0.15) is 0 Å². The van der Waals surface area contributed by atoms with Crippen LogP contribution in [0.25, 0.3) is 10.9 Å². The predicted molar refractivity (Wildman–Crippen MR) is 121 cm³/mol. The fraction of sp³-hybridized carbons (Fsp3) is 0.360. The van der Waals surface area contributed by atoms with Crippen molar-refractivity contribution < 1.29 is 9.59 Å². The lowest BCUT2D eigenvalue weighted by molar-refractivity contribution is -0.128. The van der Waals surface area contributed by atoms with Gasteiger partial charge in [0.25, 0.3) is 0 Å². The normalized spacial score (nSPS) is 16.7. The number of anilines is 1. The molecule has 4 rings (SSSR count). The SMILES string of the molecule is Cc1ccc(C)c(N2C(=O)Cc3c(n(C)c4ccccc34)C2C(=O)NC(C)(C)C)c1. The third-order valence-corrected chi connectivity index (χ3v) is 5.75. The van der Waals surface area contributed by atoms with Gasteiger partial charge in [-0.1, -0.05) is 30.3 Å². The minimum atomic E-state index is -0.724. The Balaban J connectivity index is 1.98. The molecule has 0 radical (unpaired) electrons. The van der Waals surface area contributed by atoms with Crippen molar-refractivity contribution in [3.05, 3.63) is 64.8 Å². The van der Waals surface area contributed by atoms with Crippen molar-refractivity contribution in [3.63, 3.8) is 0 Å². The molecule has 0 aliphatic carbocycles. The number of carbonyl (C=O) groups is 2. The van der Waals surface area contributed by atoms with Gasteiger partial charge in [0.2, 0.25) is 11.8 Å². The summed E-state index contributed by atoms with van der Waals surface area (Å²) in [5.74, 6) is -0.217. The summed E-state index contributed by atoms with van der Waals surface area (Å²) in [6.07, 6.45) is 0.281. The standard InChI is InChI=1S/C25H29N3O2/c1-15-11-12-16(2)20(13-15)28-21(29)14-18-17-9-7-8-10-19(17)27(6)22(18)23(28)24(30)26-25(3,4)5/h7-13,23H,14H2,1-6H3,(H,26,30). The van der Waals surface area contributed by atoms with Crippen LogP contribution in [0, 0.1) is 13.8 Å². The summed E-state index contributed by atoms with van der Waals surface area (Å²) in [5, 5.41) is 4.15. The van der Waals surface area contributed by atoms with E-state index in [4.69, 9.17) is 0 Å². The van der Waals surface area contributed by atoms with Crippen molar-refractivity contribution in [1.29, 1.82) is 0 Å². The molecule has 5 nitrogen and oxygen atoms in total. The lowest BCUT2D eigenvalue weighted by Crippen LogP contribution is -2.52. The quantitative estimate of drug-likeness (QED) is 0.692. The molecule has 1 unspecified atom stereocenters. The first-order valence-corrected chi connectivity index (χ1v) is 10.4. The molecule has 0 saturated heterocycles. The second-order valence-electron chi connectivity index (χ2n) is 9.31. The topological polar surface area (TPSA) is 54.3 Å². The Morgan fingerprint density at radius 3 is 2.50 bits per heavy atom. The molecule has 1 N–H and O–H groups in total. The monoisotopic (exact) mass is 403 g/mol. The van der Waals surface area contributed by atoms with Gasteiger partial charge in [-0.3, -0.25) is 14.5 Å². The number of hydrogen-bond donors (Lipinski definition) is 1. The average molecular weight is 404 g/mol. The summed E-state index contributed by atoms with van der Waals surface area (Å²) in [6, 6.07) is 13.4. The lowest BCUT2D eigenvalue weighted by atomic mass is 9.93. The zero-order valence-corrected chi connectivity index (χ0v) is 18.5. The first-order chi connectivity index (χ1) is 14.1. The van der Waals surface area contributed by atoms with Crippen molar-refractivity contribution >= 4 is 28.4 Å². The molecule has 3 aromatic rings. The summed E-state index contributed by atoms with van der Waals surface area (Å²) < 4.78 is 2.07. The summed E-state index contributed by atoms with van der Waals surface area (Å²) >= 11 is 0. The second-order valence-corrected chi connectivity index (χ2v) is 9.31. The van der Waals surface area contributed by atoms with E-state index in [1.165, 1.54) is 0 Å². The van der Waals surface area contributed by atoms with Gasteiger partial charge >= 0.3 is 0 Å². The molecule has 1 atom stereocenters. The van der Waals surface area contributed by atoms with Crippen LogP contribution in [-0.2, 0) is 23.1 Å². The van der Waals surface area contributed by atoms with Gasteiger partial charge in [-0.25, -0.2) is 0 Å². The molecule has 30 heavy (non-hydrogen) atoms. The molecular weight excluding hydrogens is 374 g/mol. The van der Waals surface area contributed by atoms with E-state index in [9.17, 15) is 9.59 Å². The molecule has 1 aliphatic heterocycles. The smallest absolute Gasteiger partial charge is 0.249 e. The van der Waals surface area contributed by atoms with Crippen LogP contribution < -0.4 is 10.2 Å². The number of rotatable bonds is 2. The second kappa shape index (κ2) is 7.01. The Morgan fingerprint density at radius 1 is 1.10 bits per heavy atom. The van der Waals surface area contributed by atoms with Crippen molar-refractivity contribution in [3.8, 4) is 0 Å². The maximum Gasteiger partial charge on any atom is 0.249 e. The summed E-state index contributed by atoms with van der Waals surface area (Å²) in [6.45, 7) is 9.86. The van der Waals surface area contributed by atoms with Gasteiger partial charge < -0.3 is 9.88 Å². The molecule has 2 amide bonds. The van der Waals surface area contributed by atoms with Crippen molar-refractivity contribution in [1.82, 2.24) is 9.88 Å². The molecule has 1 aromatic heterocycles. The maximum atomic E-state index is 13.6. The zero-order valence-electron chi connectivity index (χ0n) is 18.5. The first kappa shape index (κ1) is 20.2. The van der Waals surface area contributed by atoms with Gasteiger partial charge in [-0.05, 0) is 63.4 Å². The Labute approximate surface area is 177 Å². The Kier molecular flexibility index (Phi) is 4.72. The number of aryl methyl sites for hydroxylation is 3. The van der Waals surface area contributed by atoms with E-state index in [0.29, 0.717) is 0 Å². The molecule has 2 heterocycles. The van der Waals surface area contributed by atoms with Gasteiger partial charge in [-0.15, -0.1) is 0 Å². The van der Waals surface area contributed by atoms with Crippen LogP contribution in [0.5, 0.6) is 0 Å². The number of carbonyl (C=O) groups excluding carboxylic acids is 2. The van der Waals surface area contributed by atoms with E-state index in [2.05, 4.69) is 9.88 Å². The van der Waals surface area contributed by atoms with Crippen LogP contribution in [-0.4, -0.2) is 21.9 Å². The summed E-state index contributed by atoms with van der Waals surface area (Å²) in [7, 11) is 1.98. The van der Waals surface area contributed by atoms with E-state index in [1.54, 1.807) is 4.90 Å². The van der Waals surface area contributed by atoms with E-state index >= 15 is 0 Å². The molecule has 1 aliphatic rings. The number of benzene rings is 2. The van der Waals surface area contributed by atoms with Crippen LogP contribution in [0.4, 0.5) is 5.69 Å². The highest BCUT2D eigenvalue weighted by molar-refractivity contribution is 6.07. The molecule has 156 valence electrons. The number of aromatic nitrogens is 1. The van der Waals surface area contributed by atoms with Crippen LogP contribution in [0.2, 0.25) is 0 Å². The molecule has 0 bridgehead atoms. The van der Waals surface area contributed by atoms with Gasteiger partial charge in [0, 0.05) is 29.2 Å². The minimum absolute atomic E-state index is 0.0541. The van der Waals surface area contributed by atoms with Gasteiger partial charge in [0.1, 0.15) is 0 Å². The maximum absolute atomic E-state index is 13.6. The van der Waals surface area contributed by atoms with Gasteiger partial charge in [0.15, 0.2) is 6.04 Å². The minimum Gasteiger partial charge on any atom is -0.349 e. The van der Waals surface area contributed by atoms with E-state index in [-0.39, 0.29) is 18.2 Å². The highest BCUT2D eigenvalue weighted by Gasteiger charge is 2.42. The fourth-order valence-electron chi connectivity index (χ4n) is 4.46. The number of nitrogens with one attached hydrogen (secondary N) is 1. The van der Waals surface area contributed by atoms with Crippen LogP contribution in [0.1, 0.15) is 49.2 Å². The highest BCUT2D eigenvalue weighted by Crippen LogP contribution is 2.41. The number of nitrogens with zero attached hydrogens (tertiary/aromatic N) is 2. The number of amides is 2. The van der Waals surface area contributed by atoms with Crippen molar-refractivity contribution in [2.24, 2.45) is 7.05 Å². The molecular formula is C25H29N3O2. The van der Waals surface area contributed by atoms with Crippen molar-refractivity contribution in [2.45, 2.75) is 52.6 Å². The zero-order chi connectivity index (χ0) is 21.8. The van der Waals surface area contributed by atoms with Gasteiger partial charge in [0.05, 0.1) is 12.1 Å². The van der Waals surface area contributed by atoms with Crippen LogP contribution >= 0.6 is 0 Å². The fourth-order valence-corrected chi connectivity index (χ4v) is 4.46. The summed E-state index contributed by atoms with van der Waals surface area (Å²) in [5.41, 5.74) is 5.30. The van der Waals surface area contributed by atoms with Crippen molar-refractivity contribution in [2.75, 3.05) is 4.90 Å². The molecule has 2 aromatic carbocycles. The predicted octanol–water partition coefficient (Wildman–Crippen LogP) is 4.34. The highest BCUT2D eigenvalue weighted by atomic mass is 16.2. The molecule has 0 saturated carbocycles. The van der Waals surface area contributed by atoms with E-state index in [0.717, 1.165) is 39.0 Å². The Hall–Kier alpha value is -3.08. The first-order valence-electron chi connectivity index (χ1n) is 10.4. The number of para-hydroxylation sites is 1. The molecule has 0 fully saturated rings. The Bertz CT molecular complexity index is 1170. The third kappa shape index (κ3) is 3.28. The third-order valence-electron chi connectivity index (χ3n) is 5.75.